The van der Waals surface area contributed by atoms with E-state index >= 15 is 0 Å². The van der Waals surface area contributed by atoms with Gasteiger partial charge in [-0.05, 0) is 49.1 Å². The fraction of sp³-hybridized carbons (Fsp3) is 0.292. The van der Waals surface area contributed by atoms with Gasteiger partial charge in [-0.2, -0.15) is 5.10 Å². The maximum Gasteiger partial charge on any atom is 0.168 e. The fourth-order valence-corrected chi connectivity index (χ4v) is 5.20. The van der Waals surface area contributed by atoms with E-state index in [0.717, 1.165) is 45.5 Å². The fourth-order valence-electron chi connectivity index (χ4n) is 3.68. The van der Waals surface area contributed by atoms with E-state index < -0.39 is 0 Å². The van der Waals surface area contributed by atoms with Crippen molar-refractivity contribution in [2.75, 3.05) is 0 Å². The van der Waals surface area contributed by atoms with Gasteiger partial charge in [0.2, 0.25) is 0 Å². The molecule has 1 saturated carbocycles. The summed E-state index contributed by atoms with van der Waals surface area (Å²) in [7, 11) is 0. The predicted octanol–water partition coefficient (Wildman–Crippen LogP) is 8.19. The lowest BCUT2D eigenvalue weighted by Gasteiger charge is -2.12. The van der Waals surface area contributed by atoms with Gasteiger partial charge in [0, 0.05) is 26.6 Å². The lowest BCUT2D eigenvalue weighted by atomic mass is 9.98. The first-order valence-corrected chi connectivity index (χ1v) is 12.4. The molecule has 0 aliphatic heterocycles. The van der Waals surface area contributed by atoms with Crippen molar-refractivity contribution in [3.8, 4) is 27.6 Å². The lowest BCUT2D eigenvalue weighted by molar-refractivity contribution is 0.578. The van der Waals surface area contributed by atoms with Crippen LogP contribution in [0.1, 0.15) is 50.1 Å². The van der Waals surface area contributed by atoms with E-state index in [9.17, 15) is 0 Å². The summed E-state index contributed by atoms with van der Waals surface area (Å²) in [5, 5.41) is 17.7. The first kappa shape index (κ1) is 21.9. The van der Waals surface area contributed by atoms with Crippen molar-refractivity contribution in [1.82, 2.24) is 20.0 Å². The van der Waals surface area contributed by atoms with Crippen LogP contribution in [0.5, 0.6) is 0 Å². The number of rotatable bonds is 4. The molecule has 2 aromatic carbocycles. The molecule has 8 heteroatoms. The Hall–Kier alpha value is -1.92. The Morgan fingerprint density at radius 1 is 0.938 bits per heavy atom. The normalized spacial score (nSPS) is 14.2. The Balaban J connectivity index is 1.78. The molecule has 1 aliphatic carbocycles. The van der Waals surface area contributed by atoms with Gasteiger partial charge < -0.3 is 0 Å². The third kappa shape index (κ3) is 4.08. The van der Waals surface area contributed by atoms with Gasteiger partial charge in [-0.25, -0.2) is 4.68 Å². The number of benzene rings is 2. The molecule has 164 valence electrons. The van der Waals surface area contributed by atoms with E-state index in [0.29, 0.717) is 21.0 Å². The Labute approximate surface area is 206 Å². The summed E-state index contributed by atoms with van der Waals surface area (Å²) < 4.78 is 1.92. The largest absolute Gasteiger partial charge is 0.231 e. The third-order valence-electron chi connectivity index (χ3n) is 5.43. The van der Waals surface area contributed by atoms with Crippen LogP contribution in [0.2, 0.25) is 15.1 Å². The number of hydrogen-bond acceptors (Lipinski definition) is 4. The summed E-state index contributed by atoms with van der Waals surface area (Å²) in [6.45, 7) is 6.43. The highest BCUT2D eigenvalue weighted by molar-refractivity contribution is 7.14. The van der Waals surface area contributed by atoms with Crippen molar-refractivity contribution >= 4 is 46.1 Å². The maximum atomic E-state index is 6.62. The van der Waals surface area contributed by atoms with Crippen LogP contribution in [0.15, 0.2) is 42.5 Å². The van der Waals surface area contributed by atoms with E-state index in [-0.39, 0.29) is 5.41 Å². The van der Waals surface area contributed by atoms with Crippen molar-refractivity contribution in [1.29, 1.82) is 0 Å². The van der Waals surface area contributed by atoms with Crippen LogP contribution < -0.4 is 0 Å². The number of nitrogens with zero attached hydrogens (tertiary/aromatic N) is 4. The quantitative estimate of drug-likeness (QED) is 0.282. The van der Waals surface area contributed by atoms with Gasteiger partial charge in [-0.15, -0.1) is 10.2 Å². The molecule has 0 amide bonds. The van der Waals surface area contributed by atoms with Gasteiger partial charge in [0.25, 0.3) is 0 Å². The van der Waals surface area contributed by atoms with Crippen molar-refractivity contribution in [2.24, 2.45) is 0 Å². The summed E-state index contributed by atoms with van der Waals surface area (Å²) in [6.07, 6.45) is 2.25. The zero-order chi connectivity index (χ0) is 22.6. The number of halogens is 3. The second-order valence-corrected chi connectivity index (χ2v) is 11.3. The minimum Gasteiger partial charge on any atom is -0.231 e. The van der Waals surface area contributed by atoms with Crippen LogP contribution >= 0.6 is 46.1 Å². The second-order valence-electron chi connectivity index (χ2n) is 9.06. The van der Waals surface area contributed by atoms with Crippen LogP contribution in [0, 0.1) is 0 Å². The summed E-state index contributed by atoms with van der Waals surface area (Å²) >= 11 is 20.6. The minimum atomic E-state index is -0.0727. The van der Waals surface area contributed by atoms with Crippen molar-refractivity contribution in [2.45, 2.75) is 44.9 Å². The smallest absolute Gasteiger partial charge is 0.168 e. The van der Waals surface area contributed by atoms with Gasteiger partial charge >= 0.3 is 0 Å². The van der Waals surface area contributed by atoms with E-state index in [1.54, 1.807) is 17.4 Å². The van der Waals surface area contributed by atoms with Crippen molar-refractivity contribution < 1.29 is 0 Å². The van der Waals surface area contributed by atoms with Crippen molar-refractivity contribution in [3.63, 3.8) is 0 Å². The number of hydrogen-bond donors (Lipinski definition) is 0. The van der Waals surface area contributed by atoms with Crippen LogP contribution in [0.25, 0.3) is 27.6 Å². The first-order chi connectivity index (χ1) is 15.2. The second kappa shape index (κ2) is 8.14. The van der Waals surface area contributed by atoms with Gasteiger partial charge in [0.1, 0.15) is 10.7 Å². The molecule has 0 radical (unpaired) electrons. The topological polar surface area (TPSA) is 43.6 Å². The van der Waals surface area contributed by atoms with Crippen molar-refractivity contribution in [3.05, 3.63) is 68.1 Å². The van der Waals surface area contributed by atoms with Gasteiger partial charge in [-0.1, -0.05) is 79.0 Å². The Morgan fingerprint density at radius 3 is 2.22 bits per heavy atom. The molecule has 2 heterocycles. The molecule has 1 fully saturated rings. The molecule has 0 atom stereocenters. The van der Waals surface area contributed by atoms with Crippen LogP contribution in [-0.4, -0.2) is 20.0 Å². The van der Waals surface area contributed by atoms with E-state index in [2.05, 4.69) is 31.0 Å². The first-order valence-electron chi connectivity index (χ1n) is 10.4. The molecule has 5 rings (SSSR count). The molecular weight excluding hydrogens is 483 g/mol. The molecular formula is C24H21Cl3N4S. The summed E-state index contributed by atoms with van der Waals surface area (Å²) in [6, 6.07) is 13.3. The van der Waals surface area contributed by atoms with Crippen LogP contribution in [0.3, 0.4) is 0 Å². The molecule has 4 aromatic rings. The molecule has 4 nitrogen and oxygen atoms in total. The summed E-state index contributed by atoms with van der Waals surface area (Å²) in [5.41, 5.74) is 4.80. The van der Waals surface area contributed by atoms with Gasteiger partial charge in [0.15, 0.2) is 5.01 Å². The average molecular weight is 504 g/mol. The molecule has 0 saturated heterocycles. The van der Waals surface area contributed by atoms with E-state index in [4.69, 9.17) is 39.9 Å². The van der Waals surface area contributed by atoms with Gasteiger partial charge in [0.05, 0.1) is 16.4 Å². The highest BCUT2D eigenvalue weighted by atomic mass is 35.5. The van der Waals surface area contributed by atoms with Crippen LogP contribution in [0.4, 0.5) is 0 Å². The predicted molar refractivity (Wildman–Crippen MR) is 134 cm³/mol. The zero-order valence-electron chi connectivity index (χ0n) is 17.9. The Bertz CT molecular complexity index is 1300. The molecule has 32 heavy (non-hydrogen) atoms. The highest BCUT2D eigenvalue weighted by Crippen LogP contribution is 2.50. The minimum absolute atomic E-state index is 0.0727. The molecule has 0 N–H and O–H groups in total. The monoisotopic (exact) mass is 502 g/mol. The average Bonchev–Trinajstić information content (AvgIpc) is 3.30. The van der Waals surface area contributed by atoms with Crippen LogP contribution in [-0.2, 0) is 5.41 Å². The zero-order valence-corrected chi connectivity index (χ0v) is 20.9. The number of aromatic nitrogens is 4. The molecule has 0 unspecified atom stereocenters. The summed E-state index contributed by atoms with van der Waals surface area (Å²) in [5.74, 6) is 0.428. The SMILES string of the molecule is CC(C)(C)c1nnc(-c2nn(-c3ccc(Cl)cc3Cl)c(-c3ccc(Cl)cc3)c2C2CC2)s1. The van der Waals surface area contributed by atoms with E-state index in [1.165, 1.54) is 5.56 Å². The molecule has 1 aliphatic rings. The molecule has 0 spiro atoms. The molecule has 2 aromatic heterocycles. The Kier molecular flexibility index (Phi) is 5.57. The lowest BCUT2D eigenvalue weighted by Crippen LogP contribution is -2.10. The standard InChI is InChI=1S/C24H21Cl3N4S/c1-24(2,3)23-29-28-22(32-23)20-19(13-4-5-13)21(14-6-8-15(25)9-7-14)31(30-20)18-11-10-16(26)12-17(18)27/h6-13H,4-5H2,1-3H3. The third-order valence-corrected chi connectivity index (χ3v) is 7.58. The Morgan fingerprint density at radius 2 is 1.62 bits per heavy atom. The van der Waals surface area contributed by atoms with Gasteiger partial charge in [-0.3, -0.25) is 0 Å². The van der Waals surface area contributed by atoms with E-state index in [1.807, 2.05) is 41.1 Å². The molecule has 0 bridgehead atoms. The summed E-state index contributed by atoms with van der Waals surface area (Å²) in [4.78, 5) is 0. The highest BCUT2D eigenvalue weighted by Gasteiger charge is 2.35. The maximum absolute atomic E-state index is 6.62.